The van der Waals surface area contributed by atoms with Gasteiger partial charge in [0.2, 0.25) is 5.95 Å². The molecule has 0 aliphatic rings. The van der Waals surface area contributed by atoms with Crippen LogP contribution < -0.4 is 16.8 Å². The molecule has 0 aliphatic carbocycles. The van der Waals surface area contributed by atoms with Gasteiger partial charge in [-0.3, -0.25) is 0 Å². The number of hydrogen-bond donors (Lipinski definition) is 3. The van der Waals surface area contributed by atoms with Crippen LogP contribution in [0.3, 0.4) is 0 Å². The summed E-state index contributed by atoms with van der Waals surface area (Å²) in [4.78, 5) is 7.84. The van der Waals surface area contributed by atoms with Crippen LogP contribution >= 0.6 is 15.9 Å². The molecular formula is C10H18BrN5. The van der Waals surface area contributed by atoms with E-state index < -0.39 is 0 Å². The molecule has 0 unspecified atom stereocenters. The fourth-order valence-electron chi connectivity index (χ4n) is 1.37. The second-order valence-corrected chi connectivity index (χ2v) is 4.36. The van der Waals surface area contributed by atoms with Gasteiger partial charge in [-0.15, -0.1) is 0 Å². The zero-order valence-corrected chi connectivity index (χ0v) is 10.8. The number of nitrogen functional groups attached to an aromatic ring is 2. The molecule has 0 saturated heterocycles. The Morgan fingerprint density at radius 2 is 1.88 bits per heavy atom. The lowest BCUT2D eigenvalue weighted by Crippen LogP contribution is -2.07. The van der Waals surface area contributed by atoms with Crippen molar-refractivity contribution in [1.29, 1.82) is 0 Å². The number of nitrogens with one attached hydrogen (secondary N) is 1. The largest absolute Gasteiger partial charge is 0.383 e. The molecule has 1 aromatic rings. The highest BCUT2D eigenvalue weighted by molar-refractivity contribution is 9.09. The number of halogens is 1. The van der Waals surface area contributed by atoms with Gasteiger partial charge in [-0.05, 0) is 12.8 Å². The molecule has 1 aromatic heterocycles. The number of anilines is 3. The summed E-state index contributed by atoms with van der Waals surface area (Å²) in [6.45, 7) is 0.887. The smallest absolute Gasteiger partial charge is 0.223 e. The molecule has 0 saturated carbocycles. The normalized spacial score (nSPS) is 10.3. The molecule has 6 heteroatoms. The predicted octanol–water partition coefficient (Wildman–Crippen LogP) is 2.01. The average Bonchev–Trinajstić information content (AvgIpc) is 2.22. The molecule has 5 nitrogen and oxygen atoms in total. The number of nitrogens with two attached hydrogens (primary N) is 2. The quantitative estimate of drug-likeness (QED) is 0.527. The zero-order chi connectivity index (χ0) is 11.8. The summed E-state index contributed by atoms with van der Waals surface area (Å²) in [6.07, 6.45) is 4.82. The maximum absolute atomic E-state index is 5.55. The molecule has 0 aromatic carbocycles. The monoisotopic (exact) mass is 287 g/mol. The number of unbranched alkanes of at least 4 members (excludes halogenated alkanes) is 3. The maximum atomic E-state index is 5.55. The average molecular weight is 288 g/mol. The third kappa shape index (κ3) is 5.16. The number of hydrogen-bond acceptors (Lipinski definition) is 5. The van der Waals surface area contributed by atoms with Crippen LogP contribution in [0.1, 0.15) is 25.7 Å². The van der Waals surface area contributed by atoms with Crippen molar-refractivity contribution < 1.29 is 0 Å². The van der Waals surface area contributed by atoms with E-state index in [0.717, 1.165) is 18.3 Å². The Hall–Kier alpha value is -1.04. The van der Waals surface area contributed by atoms with Crippen LogP contribution in [-0.2, 0) is 0 Å². The minimum atomic E-state index is 0.210. The first kappa shape index (κ1) is 13.0. The van der Waals surface area contributed by atoms with E-state index in [9.17, 15) is 0 Å². The van der Waals surface area contributed by atoms with Crippen molar-refractivity contribution in [2.24, 2.45) is 0 Å². The van der Waals surface area contributed by atoms with Crippen molar-refractivity contribution in [3.63, 3.8) is 0 Å². The summed E-state index contributed by atoms with van der Waals surface area (Å²) < 4.78 is 0. The highest BCUT2D eigenvalue weighted by atomic mass is 79.9. The van der Waals surface area contributed by atoms with E-state index in [0.29, 0.717) is 11.6 Å². The van der Waals surface area contributed by atoms with Gasteiger partial charge in [-0.2, -0.15) is 9.97 Å². The second-order valence-electron chi connectivity index (χ2n) is 3.57. The minimum absolute atomic E-state index is 0.210. The zero-order valence-electron chi connectivity index (χ0n) is 9.25. The molecule has 90 valence electrons. The lowest BCUT2D eigenvalue weighted by Gasteiger charge is -2.06. The topological polar surface area (TPSA) is 89.8 Å². The van der Waals surface area contributed by atoms with Gasteiger partial charge >= 0.3 is 0 Å². The molecule has 0 bridgehead atoms. The van der Waals surface area contributed by atoms with Crippen LogP contribution in [-0.4, -0.2) is 21.8 Å². The number of alkyl halides is 1. The Labute approximate surface area is 104 Å². The van der Waals surface area contributed by atoms with E-state index in [1.165, 1.54) is 19.3 Å². The van der Waals surface area contributed by atoms with Gasteiger partial charge in [0.1, 0.15) is 11.6 Å². The second kappa shape index (κ2) is 7.27. The van der Waals surface area contributed by atoms with Crippen LogP contribution in [0.4, 0.5) is 17.6 Å². The van der Waals surface area contributed by atoms with Crippen molar-refractivity contribution in [3.8, 4) is 0 Å². The lowest BCUT2D eigenvalue weighted by atomic mass is 10.2. The van der Waals surface area contributed by atoms with Crippen molar-refractivity contribution >= 4 is 33.5 Å². The van der Waals surface area contributed by atoms with Crippen LogP contribution in [0.25, 0.3) is 0 Å². The van der Waals surface area contributed by atoms with E-state index in [1.54, 1.807) is 6.07 Å². The molecule has 0 atom stereocenters. The summed E-state index contributed by atoms with van der Waals surface area (Å²) in [5.74, 6) is 1.31. The molecule has 0 fully saturated rings. The van der Waals surface area contributed by atoms with Crippen molar-refractivity contribution in [1.82, 2.24) is 9.97 Å². The molecule has 0 amide bonds. The van der Waals surface area contributed by atoms with Crippen molar-refractivity contribution in [2.75, 3.05) is 28.7 Å². The third-order valence-electron chi connectivity index (χ3n) is 2.13. The highest BCUT2D eigenvalue weighted by Gasteiger charge is 1.98. The fourth-order valence-corrected chi connectivity index (χ4v) is 1.76. The Bertz CT molecular complexity index is 298. The minimum Gasteiger partial charge on any atom is -0.383 e. The van der Waals surface area contributed by atoms with Gasteiger partial charge in [0.25, 0.3) is 0 Å². The molecular weight excluding hydrogens is 270 g/mol. The van der Waals surface area contributed by atoms with Gasteiger partial charge in [0.15, 0.2) is 0 Å². The van der Waals surface area contributed by atoms with Crippen LogP contribution in [0.15, 0.2) is 6.07 Å². The van der Waals surface area contributed by atoms with Gasteiger partial charge < -0.3 is 16.8 Å². The first-order valence-corrected chi connectivity index (χ1v) is 6.54. The Morgan fingerprint density at radius 3 is 2.56 bits per heavy atom. The molecule has 0 radical (unpaired) electrons. The van der Waals surface area contributed by atoms with Gasteiger partial charge in [0, 0.05) is 17.9 Å². The summed E-state index contributed by atoms with van der Waals surface area (Å²) in [7, 11) is 0. The molecule has 1 heterocycles. The Balaban J connectivity index is 2.21. The number of aromatic nitrogens is 2. The summed E-state index contributed by atoms with van der Waals surface area (Å²) in [5, 5.41) is 4.26. The van der Waals surface area contributed by atoms with Gasteiger partial charge in [-0.1, -0.05) is 28.8 Å². The lowest BCUT2D eigenvalue weighted by molar-refractivity contribution is 0.689. The van der Waals surface area contributed by atoms with E-state index in [1.807, 2.05) is 0 Å². The van der Waals surface area contributed by atoms with E-state index in [2.05, 4.69) is 31.2 Å². The van der Waals surface area contributed by atoms with Crippen LogP contribution in [0, 0.1) is 0 Å². The highest BCUT2D eigenvalue weighted by Crippen LogP contribution is 2.09. The standard InChI is InChI=1S/C10H18BrN5/c11-5-3-1-2-4-6-14-9-7-8(12)15-10(13)16-9/h7H,1-6H2,(H5,12,13,14,15,16). The van der Waals surface area contributed by atoms with Crippen LogP contribution in [0.2, 0.25) is 0 Å². The fraction of sp³-hybridized carbons (Fsp3) is 0.600. The Kier molecular flexibility index (Phi) is 5.92. The van der Waals surface area contributed by atoms with Gasteiger partial charge in [0.05, 0.1) is 0 Å². The van der Waals surface area contributed by atoms with Gasteiger partial charge in [-0.25, -0.2) is 0 Å². The molecule has 1 rings (SSSR count). The summed E-state index contributed by atoms with van der Waals surface area (Å²) in [6, 6.07) is 1.69. The first-order chi connectivity index (χ1) is 7.72. The summed E-state index contributed by atoms with van der Waals surface area (Å²) in [5.41, 5.74) is 11.0. The van der Waals surface area contributed by atoms with Crippen molar-refractivity contribution in [3.05, 3.63) is 6.07 Å². The molecule has 0 aliphatic heterocycles. The molecule has 16 heavy (non-hydrogen) atoms. The predicted molar refractivity (Wildman–Crippen MR) is 71.6 cm³/mol. The van der Waals surface area contributed by atoms with E-state index in [-0.39, 0.29) is 5.95 Å². The summed E-state index contributed by atoms with van der Waals surface area (Å²) >= 11 is 3.41. The van der Waals surface area contributed by atoms with E-state index in [4.69, 9.17) is 11.5 Å². The first-order valence-electron chi connectivity index (χ1n) is 5.42. The van der Waals surface area contributed by atoms with Crippen LogP contribution in [0.5, 0.6) is 0 Å². The molecule has 0 spiro atoms. The third-order valence-corrected chi connectivity index (χ3v) is 2.69. The molecule has 5 N–H and O–H groups in total. The van der Waals surface area contributed by atoms with E-state index >= 15 is 0 Å². The number of rotatable bonds is 7. The Morgan fingerprint density at radius 1 is 1.12 bits per heavy atom. The SMILES string of the molecule is Nc1cc(NCCCCCCBr)nc(N)n1. The van der Waals surface area contributed by atoms with Crippen molar-refractivity contribution in [2.45, 2.75) is 25.7 Å². The maximum Gasteiger partial charge on any atom is 0.223 e. The number of nitrogens with zero attached hydrogens (tertiary/aromatic N) is 2.